The van der Waals surface area contributed by atoms with Crippen molar-refractivity contribution in [2.24, 2.45) is 0 Å². The van der Waals surface area contributed by atoms with E-state index in [0.717, 1.165) is 5.56 Å². The van der Waals surface area contributed by atoms with E-state index in [1.54, 1.807) is 29.1 Å². The average molecular weight is 217 g/mol. The fourth-order valence-electron chi connectivity index (χ4n) is 1.48. The van der Waals surface area contributed by atoms with Crippen LogP contribution in [0, 0.1) is 0 Å². The minimum absolute atomic E-state index is 0.0975. The normalized spacial score (nSPS) is 10.2. The number of benzene rings is 1. The topological polar surface area (TPSA) is 81.1 Å². The highest BCUT2D eigenvalue weighted by atomic mass is 16.4. The molecule has 2 aromatic rings. The maximum Gasteiger partial charge on any atom is 0.323 e. The summed E-state index contributed by atoms with van der Waals surface area (Å²) in [4.78, 5) is 14.8. The maximum absolute atomic E-state index is 10.6. The molecule has 82 valence electrons. The Morgan fingerprint density at radius 3 is 2.69 bits per heavy atom. The molecule has 0 bridgehead atoms. The number of hydrogen-bond donors (Lipinski definition) is 2. The molecule has 0 aliphatic carbocycles. The Balaban J connectivity index is 2.36. The summed E-state index contributed by atoms with van der Waals surface area (Å²) in [5, 5.41) is 8.73. The van der Waals surface area contributed by atoms with Crippen molar-refractivity contribution in [3.63, 3.8) is 0 Å². The number of aliphatic carboxylic acids is 1. The Bertz CT molecular complexity index is 502. The van der Waals surface area contributed by atoms with Crippen molar-refractivity contribution in [3.8, 4) is 11.4 Å². The summed E-state index contributed by atoms with van der Waals surface area (Å²) < 4.78 is 1.58. The Labute approximate surface area is 92.2 Å². The first-order valence-corrected chi connectivity index (χ1v) is 4.75. The Morgan fingerprint density at radius 2 is 2.06 bits per heavy atom. The van der Waals surface area contributed by atoms with Gasteiger partial charge in [-0.15, -0.1) is 0 Å². The van der Waals surface area contributed by atoms with Crippen molar-refractivity contribution < 1.29 is 9.90 Å². The van der Waals surface area contributed by atoms with Gasteiger partial charge >= 0.3 is 5.97 Å². The molecular weight excluding hydrogens is 206 g/mol. The third kappa shape index (κ3) is 2.03. The molecule has 3 N–H and O–H groups in total. The van der Waals surface area contributed by atoms with Crippen molar-refractivity contribution in [1.29, 1.82) is 0 Å². The molecule has 0 unspecified atom stereocenters. The quantitative estimate of drug-likeness (QED) is 0.757. The standard InChI is InChI=1S/C11H11N3O2/c12-9-3-1-8(2-4-9)11-13-5-6-14(11)7-10(15)16/h1-6H,7,12H2,(H,15,16). The van der Waals surface area contributed by atoms with E-state index in [-0.39, 0.29) is 6.54 Å². The highest BCUT2D eigenvalue weighted by Crippen LogP contribution is 2.18. The molecule has 5 heteroatoms. The van der Waals surface area contributed by atoms with Crippen molar-refractivity contribution in [2.75, 3.05) is 5.73 Å². The summed E-state index contributed by atoms with van der Waals surface area (Å²) in [5.41, 5.74) is 7.09. The molecule has 1 aromatic carbocycles. The molecule has 0 amide bonds. The summed E-state index contributed by atoms with van der Waals surface area (Å²) >= 11 is 0. The lowest BCUT2D eigenvalue weighted by Crippen LogP contribution is -2.09. The number of anilines is 1. The zero-order chi connectivity index (χ0) is 11.5. The van der Waals surface area contributed by atoms with E-state index in [9.17, 15) is 4.79 Å². The van der Waals surface area contributed by atoms with E-state index < -0.39 is 5.97 Å². The molecule has 2 rings (SSSR count). The smallest absolute Gasteiger partial charge is 0.323 e. The molecule has 0 aliphatic heterocycles. The van der Waals surface area contributed by atoms with Gasteiger partial charge in [0.1, 0.15) is 12.4 Å². The maximum atomic E-state index is 10.6. The second-order valence-corrected chi connectivity index (χ2v) is 3.39. The number of imidazole rings is 1. The van der Waals surface area contributed by atoms with Gasteiger partial charge in [-0.05, 0) is 24.3 Å². The van der Waals surface area contributed by atoms with E-state index >= 15 is 0 Å². The summed E-state index contributed by atoms with van der Waals surface area (Å²) in [7, 11) is 0. The van der Waals surface area contributed by atoms with Gasteiger partial charge in [0.05, 0.1) is 0 Å². The monoisotopic (exact) mass is 217 g/mol. The molecular formula is C11H11N3O2. The summed E-state index contributed by atoms with van der Waals surface area (Å²) in [5.74, 6) is -0.267. The van der Waals surface area contributed by atoms with E-state index in [4.69, 9.17) is 10.8 Å². The lowest BCUT2D eigenvalue weighted by Gasteiger charge is -2.05. The van der Waals surface area contributed by atoms with Crippen molar-refractivity contribution in [3.05, 3.63) is 36.7 Å². The Morgan fingerprint density at radius 1 is 1.38 bits per heavy atom. The predicted octanol–water partition coefficient (Wildman–Crippen LogP) is 1.22. The van der Waals surface area contributed by atoms with Crippen LogP contribution in [0.3, 0.4) is 0 Å². The highest BCUT2D eigenvalue weighted by Gasteiger charge is 2.07. The van der Waals surface area contributed by atoms with Gasteiger partial charge in [0.25, 0.3) is 0 Å². The minimum atomic E-state index is -0.894. The van der Waals surface area contributed by atoms with Crippen LogP contribution in [0.5, 0.6) is 0 Å². The van der Waals surface area contributed by atoms with Gasteiger partial charge in [-0.1, -0.05) is 0 Å². The van der Waals surface area contributed by atoms with Gasteiger partial charge in [-0.2, -0.15) is 0 Å². The zero-order valence-electron chi connectivity index (χ0n) is 8.50. The van der Waals surface area contributed by atoms with E-state index in [0.29, 0.717) is 11.5 Å². The number of nitrogen functional groups attached to an aromatic ring is 1. The third-order valence-electron chi connectivity index (χ3n) is 2.19. The van der Waals surface area contributed by atoms with Gasteiger partial charge in [-0.25, -0.2) is 4.98 Å². The molecule has 0 saturated heterocycles. The molecule has 1 heterocycles. The first kappa shape index (κ1) is 10.2. The van der Waals surface area contributed by atoms with Crippen molar-refractivity contribution >= 4 is 11.7 Å². The predicted molar refractivity (Wildman–Crippen MR) is 59.7 cm³/mol. The lowest BCUT2D eigenvalue weighted by molar-refractivity contribution is -0.137. The summed E-state index contributed by atoms with van der Waals surface area (Å²) in [6.07, 6.45) is 3.22. The number of carbonyl (C=O) groups is 1. The molecule has 0 fully saturated rings. The van der Waals surface area contributed by atoms with Gasteiger partial charge in [-0.3, -0.25) is 4.79 Å². The number of hydrogen-bond acceptors (Lipinski definition) is 3. The largest absolute Gasteiger partial charge is 0.480 e. The van der Waals surface area contributed by atoms with Crippen LogP contribution in [0.25, 0.3) is 11.4 Å². The number of nitrogens with zero attached hydrogens (tertiary/aromatic N) is 2. The summed E-state index contributed by atoms with van der Waals surface area (Å²) in [6.45, 7) is -0.0975. The van der Waals surface area contributed by atoms with Crippen LogP contribution in [0.1, 0.15) is 0 Å². The second kappa shape index (κ2) is 4.06. The van der Waals surface area contributed by atoms with Crippen molar-refractivity contribution in [2.45, 2.75) is 6.54 Å². The number of rotatable bonds is 3. The second-order valence-electron chi connectivity index (χ2n) is 3.39. The molecule has 0 aliphatic rings. The number of aromatic nitrogens is 2. The van der Waals surface area contributed by atoms with E-state index in [2.05, 4.69) is 4.98 Å². The van der Waals surface area contributed by atoms with Crippen molar-refractivity contribution in [1.82, 2.24) is 9.55 Å². The zero-order valence-corrected chi connectivity index (χ0v) is 8.50. The number of carboxylic acid groups (broad SMARTS) is 1. The highest BCUT2D eigenvalue weighted by molar-refractivity contribution is 5.68. The molecule has 1 aromatic heterocycles. The molecule has 0 radical (unpaired) electrons. The number of carboxylic acids is 1. The first-order chi connectivity index (χ1) is 7.66. The number of nitrogens with two attached hydrogens (primary N) is 1. The van der Waals surface area contributed by atoms with Gasteiger partial charge < -0.3 is 15.4 Å². The molecule has 0 saturated carbocycles. The molecule has 16 heavy (non-hydrogen) atoms. The summed E-state index contributed by atoms with van der Waals surface area (Å²) in [6, 6.07) is 7.15. The molecule has 0 atom stereocenters. The van der Waals surface area contributed by atoms with Crippen LogP contribution in [0.15, 0.2) is 36.7 Å². The van der Waals surface area contributed by atoms with Crippen LogP contribution in [0.4, 0.5) is 5.69 Å². The van der Waals surface area contributed by atoms with Crippen LogP contribution < -0.4 is 5.73 Å². The van der Waals surface area contributed by atoms with Crippen LogP contribution in [-0.2, 0) is 11.3 Å². The van der Waals surface area contributed by atoms with E-state index in [1.165, 1.54) is 0 Å². The SMILES string of the molecule is Nc1ccc(-c2nccn2CC(=O)O)cc1. The van der Waals surface area contributed by atoms with Crippen LogP contribution in [-0.4, -0.2) is 20.6 Å². The average Bonchev–Trinajstić information content (AvgIpc) is 2.66. The Kier molecular flexibility index (Phi) is 2.59. The van der Waals surface area contributed by atoms with Gasteiger partial charge in [0, 0.05) is 23.6 Å². The van der Waals surface area contributed by atoms with Gasteiger partial charge in [0.15, 0.2) is 0 Å². The first-order valence-electron chi connectivity index (χ1n) is 4.75. The lowest BCUT2D eigenvalue weighted by atomic mass is 10.2. The van der Waals surface area contributed by atoms with E-state index in [1.807, 2.05) is 12.1 Å². The van der Waals surface area contributed by atoms with Crippen LogP contribution >= 0.6 is 0 Å². The van der Waals surface area contributed by atoms with Gasteiger partial charge in [0.2, 0.25) is 0 Å². The third-order valence-corrected chi connectivity index (χ3v) is 2.19. The molecule has 5 nitrogen and oxygen atoms in total. The minimum Gasteiger partial charge on any atom is -0.480 e. The molecule has 0 spiro atoms. The fraction of sp³-hybridized carbons (Fsp3) is 0.0909. The Hall–Kier alpha value is -2.30. The fourth-order valence-corrected chi connectivity index (χ4v) is 1.48. The van der Waals surface area contributed by atoms with Crippen LogP contribution in [0.2, 0.25) is 0 Å².